The minimum Gasteiger partial charge on any atom is -0.352 e. The predicted molar refractivity (Wildman–Crippen MR) is 86.1 cm³/mol. The summed E-state index contributed by atoms with van der Waals surface area (Å²) in [6.07, 6.45) is 1.81. The highest BCUT2D eigenvalue weighted by Crippen LogP contribution is 2.24. The topological polar surface area (TPSA) is 71.2 Å². The van der Waals surface area contributed by atoms with Crippen LogP contribution in [0, 0.1) is 6.92 Å². The molecule has 7 nitrogen and oxygen atoms in total. The molecule has 1 aliphatic heterocycles. The Hall–Kier alpha value is -2.54. The third kappa shape index (κ3) is 2.87. The molecule has 0 saturated carbocycles. The molecule has 1 aliphatic rings. The van der Waals surface area contributed by atoms with Crippen LogP contribution in [0.5, 0.6) is 0 Å². The maximum absolute atomic E-state index is 5.03. The Morgan fingerprint density at radius 2 is 1.96 bits per heavy atom. The molecule has 7 heteroatoms. The lowest BCUT2D eigenvalue weighted by atomic mass is 10.1. The first kappa shape index (κ1) is 14.1. The van der Waals surface area contributed by atoms with Crippen LogP contribution in [0.15, 0.2) is 35.0 Å². The first-order chi connectivity index (χ1) is 11.3. The molecule has 0 radical (unpaired) electrons. The molecule has 1 saturated heterocycles. The molecule has 1 aromatic carbocycles. The minimum atomic E-state index is 0.615. The normalized spacial score (nSPS) is 16.1. The Labute approximate surface area is 133 Å². The van der Waals surface area contributed by atoms with Gasteiger partial charge in [0.25, 0.3) is 0 Å². The number of benzene rings is 1. The molecule has 3 heterocycles. The summed E-state index contributed by atoms with van der Waals surface area (Å²) in [6.45, 7) is 6.26. The lowest BCUT2D eigenvalue weighted by molar-refractivity contribution is 0.239. The van der Waals surface area contributed by atoms with Gasteiger partial charge in [-0.25, -0.2) is 0 Å². The first-order valence-corrected chi connectivity index (χ1v) is 7.76. The molecule has 3 aromatic rings. The Morgan fingerprint density at radius 3 is 2.74 bits per heavy atom. The largest absolute Gasteiger partial charge is 0.352 e. The molecule has 4 rings (SSSR count). The zero-order valence-electron chi connectivity index (χ0n) is 13.0. The quantitative estimate of drug-likeness (QED) is 0.728. The van der Waals surface area contributed by atoms with Crippen molar-refractivity contribution in [2.75, 3.05) is 31.1 Å². The Morgan fingerprint density at radius 1 is 1.13 bits per heavy atom. The number of fused-ring (bicyclic) bond motifs is 1. The van der Waals surface area contributed by atoms with E-state index in [1.807, 2.05) is 25.3 Å². The zero-order chi connectivity index (χ0) is 15.6. The maximum atomic E-state index is 5.03. The third-order valence-corrected chi connectivity index (χ3v) is 4.16. The summed E-state index contributed by atoms with van der Waals surface area (Å²) in [4.78, 5) is 8.90. The van der Waals surface area contributed by atoms with Crippen LogP contribution in [0.4, 0.5) is 5.82 Å². The molecule has 2 aromatic heterocycles. The van der Waals surface area contributed by atoms with E-state index in [1.165, 1.54) is 0 Å². The van der Waals surface area contributed by atoms with Crippen molar-refractivity contribution in [3.05, 3.63) is 42.2 Å². The van der Waals surface area contributed by atoms with E-state index in [2.05, 4.69) is 42.3 Å². The fourth-order valence-electron chi connectivity index (χ4n) is 2.97. The minimum absolute atomic E-state index is 0.615. The highest BCUT2D eigenvalue weighted by Gasteiger charge is 2.21. The number of anilines is 1. The highest BCUT2D eigenvalue weighted by molar-refractivity contribution is 5.91. The Bertz CT molecular complexity index is 804. The smallest absolute Gasteiger partial charge is 0.223 e. The van der Waals surface area contributed by atoms with Crippen LogP contribution in [-0.4, -0.2) is 51.4 Å². The average molecular weight is 310 g/mol. The molecular weight excluding hydrogens is 292 g/mol. The van der Waals surface area contributed by atoms with E-state index in [-0.39, 0.29) is 0 Å². The van der Waals surface area contributed by atoms with Gasteiger partial charge >= 0.3 is 0 Å². The fourth-order valence-corrected chi connectivity index (χ4v) is 2.97. The molecule has 0 N–H and O–H groups in total. The number of nitrogens with zero attached hydrogens (tertiary/aromatic N) is 6. The van der Waals surface area contributed by atoms with Crippen molar-refractivity contribution in [1.82, 2.24) is 25.2 Å². The van der Waals surface area contributed by atoms with Crippen LogP contribution < -0.4 is 4.90 Å². The number of hydrogen-bond donors (Lipinski definition) is 0. The summed E-state index contributed by atoms with van der Waals surface area (Å²) in [5.41, 5.74) is 0. The van der Waals surface area contributed by atoms with Crippen LogP contribution in [0.3, 0.4) is 0 Å². The Balaban J connectivity index is 1.46. The zero-order valence-corrected chi connectivity index (χ0v) is 13.0. The van der Waals surface area contributed by atoms with Gasteiger partial charge in [0, 0.05) is 43.9 Å². The third-order valence-electron chi connectivity index (χ3n) is 4.16. The second kappa shape index (κ2) is 5.92. The SMILES string of the molecule is Cc1nc(CN2CCN(c3nncc4ccccc34)CC2)no1. The van der Waals surface area contributed by atoms with Crippen molar-refractivity contribution in [2.45, 2.75) is 13.5 Å². The monoisotopic (exact) mass is 310 g/mol. The lowest BCUT2D eigenvalue weighted by Crippen LogP contribution is -2.46. The van der Waals surface area contributed by atoms with Crippen LogP contribution in [0.1, 0.15) is 11.7 Å². The van der Waals surface area contributed by atoms with Gasteiger partial charge < -0.3 is 9.42 Å². The van der Waals surface area contributed by atoms with Crippen molar-refractivity contribution >= 4 is 16.6 Å². The summed E-state index contributed by atoms with van der Waals surface area (Å²) in [7, 11) is 0. The molecule has 118 valence electrons. The molecule has 0 aliphatic carbocycles. The van der Waals surface area contributed by atoms with Crippen LogP contribution >= 0.6 is 0 Å². The van der Waals surface area contributed by atoms with E-state index in [0.717, 1.165) is 55.1 Å². The Kier molecular flexibility index (Phi) is 3.63. The molecule has 0 bridgehead atoms. The van der Waals surface area contributed by atoms with Gasteiger partial charge in [-0.2, -0.15) is 10.1 Å². The van der Waals surface area contributed by atoms with E-state index >= 15 is 0 Å². The van der Waals surface area contributed by atoms with Crippen molar-refractivity contribution < 1.29 is 4.52 Å². The maximum Gasteiger partial charge on any atom is 0.223 e. The van der Waals surface area contributed by atoms with Gasteiger partial charge in [-0.05, 0) is 0 Å². The van der Waals surface area contributed by atoms with E-state index in [4.69, 9.17) is 4.52 Å². The van der Waals surface area contributed by atoms with Gasteiger partial charge in [0.05, 0.1) is 12.7 Å². The van der Waals surface area contributed by atoms with E-state index in [9.17, 15) is 0 Å². The summed E-state index contributed by atoms with van der Waals surface area (Å²) < 4.78 is 5.03. The summed E-state index contributed by atoms with van der Waals surface area (Å²) in [6, 6.07) is 8.25. The summed E-state index contributed by atoms with van der Waals surface area (Å²) in [5, 5.41) is 14.7. The van der Waals surface area contributed by atoms with Gasteiger partial charge in [0.15, 0.2) is 11.6 Å². The van der Waals surface area contributed by atoms with Crippen LogP contribution in [0.2, 0.25) is 0 Å². The van der Waals surface area contributed by atoms with Gasteiger partial charge in [-0.15, -0.1) is 5.10 Å². The standard InChI is InChI=1S/C16H18N6O/c1-12-18-15(20-23-12)11-21-6-8-22(9-7-21)16-14-5-3-2-4-13(14)10-17-19-16/h2-5,10H,6-9,11H2,1H3. The number of aromatic nitrogens is 4. The number of piperazine rings is 1. The number of aryl methyl sites for hydroxylation is 1. The molecule has 0 spiro atoms. The van der Waals surface area contributed by atoms with Crippen molar-refractivity contribution in [1.29, 1.82) is 0 Å². The second-order valence-corrected chi connectivity index (χ2v) is 5.75. The molecule has 0 atom stereocenters. The molecule has 0 unspecified atom stereocenters. The molecule has 23 heavy (non-hydrogen) atoms. The van der Waals surface area contributed by atoms with Gasteiger partial charge in [0.2, 0.25) is 5.89 Å². The van der Waals surface area contributed by atoms with E-state index in [1.54, 1.807) is 0 Å². The van der Waals surface area contributed by atoms with Crippen LogP contribution in [0.25, 0.3) is 10.8 Å². The lowest BCUT2D eigenvalue weighted by Gasteiger charge is -2.34. The van der Waals surface area contributed by atoms with Gasteiger partial charge in [-0.3, -0.25) is 4.90 Å². The molecule has 1 fully saturated rings. The number of hydrogen-bond acceptors (Lipinski definition) is 7. The fraction of sp³-hybridized carbons (Fsp3) is 0.375. The first-order valence-electron chi connectivity index (χ1n) is 7.76. The highest BCUT2D eigenvalue weighted by atomic mass is 16.5. The van der Waals surface area contributed by atoms with Crippen LogP contribution in [-0.2, 0) is 6.54 Å². The predicted octanol–water partition coefficient (Wildman–Crippen LogP) is 1.64. The second-order valence-electron chi connectivity index (χ2n) is 5.75. The average Bonchev–Trinajstić information content (AvgIpc) is 3.00. The summed E-state index contributed by atoms with van der Waals surface area (Å²) in [5.74, 6) is 2.34. The molecular formula is C16H18N6O. The van der Waals surface area contributed by atoms with E-state index < -0.39 is 0 Å². The molecule has 0 amide bonds. The van der Waals surface area contributed by atoms with Crippen molar-refractivity contribution in [2.24, 2.45) is 0 Å². The van der Waals surface area contributed by atoms with Gasteiger partial charge in [0.1, 0.15) is 0 Å². The van der Waals surface area contributed by atoms with Crippen molar-refractivity contribution in [3.63, 3.8) is 0 Å². The number of rotatable bonds is 3. The van der Waals surface area contributed by atoms with Crippen molar-refractivity contribution in [3.8, 4) is 0 Å². The summed E-state index contributed by atoms with van der Waals surface area (Å²) >= 11 is 0. The van der Waals surface area contributed by atoms with E-state index in [0.29, 0.717) is 5.89 Å². The van der Waals surface area contributed by atoms with Gasteiger partial charge in [-0.1, -0.05) is 29.4 Å².